The maximum absolute atomic E-state index is 5.65. The molecule has 0 radical (unpaired) electrons. The van der Waals surface area contributed by atoms with Gasteiger partial charge < -0.3 is 9.47 Å². The summed E-state index contributed by atoms with van der Waals surface area (Å²) in [5.41, 5.74) is 1.13. The summed E-state index contributed by atoms with van der Waals surface area (Å²) in [4.78, 5) is 8.20. The van der Waals surface area contributed by atoms with E-state index in [0.29, 0.717) is 23.9 Å². The van der Waals surface area contributed by atoms with Crippen molar-refractivity contribution in [2.24, 2.45) is 0 Å². The molecule has 94 valence electrons. The summed E-state index contributed by atoms with van der Waals surface area (Å²) < 4.78 is 10.9. The lowest BCUT2D eigenvalue weighted by molar-refractivity contribution is 0.276. The summed E-state index contributed by atoms with van der Waals surface area (Å²) >= 11 is 3.40. The lowest BCUT2D eigenvalue weighted by Gasteiger charge is -2.10. The summed E-state index contributed by atoms with van der Waals surface area (Å²) in [5, 5.41) is 0.783. The van der Waals surface area contributed by atoms with Crippen molar-refractivity contribution in [3.8, 4) is 11.5 Å². The first-order valence-electron chi connectivity index (χ1n) is 5.45. The molecule has 0 saturated heterocycles. The van der Waals surface area contributed by atoms with E-state index in [0.717, 1.165) is 10.9 Å². The fourth-order valence-corrected chi connectivity index (χ4v) is 1.81. The van der Waals surface area contributed by atoms with Crippen LogP contribution >= 0.6 is 15.9 Å². The van der Waals surface area contributed by atoms with Crippen LogP contribution in [0.4, 0.5) is 0 Å². The van der Waals surface area contributed by atoms with Crippen LogP contribution in [0.3, 0.4) is 0 Å². The van der Waals surface area contributed by atoms with Gasteiger partial charge in [-0.1, -0.05) is 22.0 Å². The molecular formula is C13H13BrN2O2. The van der Waals surface area contributed by atoms with Gasteiger partial charge in [-0.25, -0.2) is 9.97 Å². The van der Waals surface area contributed by atoms with Gasteiger partial charge in [0.15, 0.2) is 17.3 Å². The second-order valence-corrected chi connectivity index (χ2v) is 4.13. The predicted molar refractivity (Wildman–Crippen MR) is 72.0 cm³/mol. The third kappa shape index (κ3) is 3.20. The van der Waals surface area contributed by atoms with E-state index in [1.807, 2.05) is 18.2 Å². The van der Waals surface area contributed by atoms with Gasteiger partial charge in [-0.05, 0) is 23.8 Å². The van der Waals surface area contributed by atoms with Crippen molar-refractivity contribution in [3.63, 3.8) is 0 Å². The molecule has 5 heteroatoms. The average molecular weight is 309 g/mol. The Bertz CT molecular complexity index is 506. The van der Waals surface area contributed by atoms with Crippen molar-refractivity contribution in [3.05, 3.63) is 48.0 Å². The molecule has 0 fully saturated rings. The van der Waals surface area contributed by atoms with Crippen molar-refractivity contribution in [1.29, 1.82) is 0 Å². The van der Waals surface area contributed by atoms with Gasteiger partial charge in [0.05, 0.1) is 7.11 Å². The monoisotopic (exact) mass is 308 g/mol. The zero-order valence-electron chi connectivity index (χ0n) is 9.97. The van der Waals surface area contributed by atoms with Crippen LogP contribution in [0.2, 0.25) is 0 Å². The largest absolute Gasteiger partial charge is 0.493 e. The van der Waals surface area contributed by atoms with Crippen LogP contribution in [0.1, 0.15) is 11.4 Å². The van der Waals surface area contributed by atoms with Crippen molar-refractivity contribution in [2.45, 2.75) is 11.9 Å². The number of hydrogen-bond donors (Lipinski definition) is 0. The molecule has 2 aromatic rings. The van der Waals surface area contributed by atoms with E-state index >= 15 is 0 Å². The summed E-state index contributed by atoms with van der Waals surface area (Å²) in [5.74, 6) is 2.04. The highest BCUT2D eigenvalue weighted by atomic mass is 79.9. The molecule has 0 unspecified atom stereocenters. The van der Waals surface area contributed by atoms with E-state index in [2.05, 4.69) is 25.9 Å². The van der Waals surface area contributed by atoms with Gasteiger partial charge in [-0.3, -0.25) is 0 Å². The Hall–Kier alpha value is -1.62. The SMILES string of the molecule is COc1cc(CBr)ccc1OCc1ncccn1. The van der Waals surface area contributed by atoms with E-state index in [9.17, 15) is 0 Å². The third-order valence-electron chi connectivity index (χ3n) is 2.36. The van der Waals surface area contributed by atoms with Gasteiger partial charge in [-0.15, -0.1) is 0 Å². The van der Waals surface area contributed by atoms with Crippen molar-refractivity contribution >= 4 is 15.9 Å². The highest BCUT2D eigenvalue weighted by Gasteiger charge is 2.06. The molecule has 0 bridgehead atoms. The summed E-state index contributed by atoms with van der Waals surface area (Å²) in [6, 6.07) is 7.58. The number of aromatic nitrogens is 2. The Balaban J connectivity index is 2.09. The minimum Gasteiger partial charge on any atom is -0.493 e. The molecule has 1 aromatic carbocycles. The quantitative estimate of drug-likeness (QED) is 0.797. The maximum atomic E-state index is 5.65. The molecule has 1 heterocycles. The van der Waals surface area contributed by atoms with Crippen molar-refractivity contribution in [2.75, 3.05) is 7.11 Å². The van der Waals surface area contributed by atoms with E-state index in [4.69, 9.17) is 9.47 Å². The number of benzene rings is 1. The van der Waals surface area contributed by atoms with Gasteiger partial charge in [0.1, 0.15) is 6.61 Å². The smallest absolute Gasteiger partial charge is 0.166 e. The average Bonchev–Trinajstić information content (AvgIpc) is 2.46. The van der Waals surface area contributed by atoms with Crippen LogP contribution in [-0.2, 0) is 11.9 Å². The first-order chi connectivity index (χ1) is 8.83. The number of alkyl halides is 1. The van der Waals surface area contributed by atoms with E-state index < -0.39 is 0 Å². The highest BCUT2D eigenvalue weighted by molar-refractivity contribution is 9.08. The van der Waals surface area contributed by atoms with E-state index in [1.165, 1.54) is 0 Å². The molecule has 0 N–H and O–H groups in total. The second kappa shape index (κ2) is 6.35. The predicted octanol–water partition coefficient (Wildman–Crippen LogP) is 2.96. The molecule has 0 aliphatic heterocycles. The van der Waals surface area contributed by atoms with Gasteiger partial charge in [-0.2, -0.15) is 0 Å². The fraction of sp³-hybridized carbons (Fsp3) is 0.231. The maximum Gasteiger partial charge on any atom is 0.166 e. The first-order valence-corrected chi connectivity index (χ1v) is 6.57. The van der Waals surface area contributed by atoms with Crippen LogP contribution in [0.15, 0.2) is 36.7 Å². The molecule has 2 rings (SSSR count). The second-order valence-electron chi connectivity index (χ2n) is 3.57. The van der Waals surface area contributed by atoms with Crippen molar-refractivity contribution in [1.82, 2.24) is 9.97 Å². The summed E-state index contributed by atoms with van der Waals surface area (Å²) in [7, 11) is 1.62. The Kier molecular flexibility index (Phi) is 4.52. The van der Waals surface area contributed by atoms with Crippen LogP contribution in [-0.4, -0.2) is 17.1 Å². The molecule has 1 aromatic heterocycles. The number of rotatable bonds is 5. The normalized spacial score (nSPS) is 10.1. The van der Waals surface area contributed by atoms with E-state index in [1.54, 1.807) is 25.6 Å². The first kappa shape index (κ1) is 12.8. The fourth-order valence-electron chi connectivity index (χ4n) is 1.46. The molecule has 0 saturated carbocycles. The van der Waals surface area contributed by atoms with Gasteiger partial charge in [0.2, 0.25) is 0 Å². The van der Waals surface area contributed by atoms with Crippen LogP contribution < -0.4 is 9.47 Å². The van der Waals surface area contributed by atoms with Crippen LogP contribution in [0.25, 0.3) is 0 Å². The molecule has 0 atom stereocenters. The third-order valence-corrected chi connectivity index (χ3v) is 3.01. The number of hydrogen-bond acceptors (Lipinski definition) is 4. The highest BCUT2D eigenvalue weighted by Crippen LogP contribution is 2.29. The molecule has 0 spiro atoms. The molecule has 0 aliphatic rings. The number of methoxy groups -OCH3 is 1. The number of nitrogens with zero attached hydrogens (tertiary/aromatic N) is 2. The minimum atomic E-state index is 0.324. The summed E-state index contributed by atoms with van der Waals surface area (Å²) in [6.45, 7) is 0.324. The minimum absolute atomic E-state index is 0.324. The van der Waals surface area contributed by atoms with Crippen LogP contribution in [0, 0.1) is 0 Å². The Labute approximate surface area is 114 Å². The zero-order chi connectivity index (χ0) is 12.8. The van der Waals surface area contributed by atoms with E-state index in [-0.39, 0.29) is 0 Å². The molecule has 4 nitrogen and oxygen atoms in total. The van der Waals surface area contributed by atoms with Gasteiger partial charge in [0.25, 0.3) is 0 Å². The lowest BCUT2D eigenvalue weighted by atomic mass is 10.2. The number of halogens is 1. The van der Waals surface area contributed by atoms with Crippen LogP contribution in [0.5, 0.6) is 11.5 Å². The lowest BCUT2D eigenvalue weighted by Crippen LogP contribution is -2.01. The molecule has 0 aliphatic carbocycles. The zero-order valence-corrected chi connectivity index (χ0v) is 11.6. The Morgan fingerprint density at radius 1 is 1.17 bits per heavy atom. The Morgan fingerprint density at radius 2 is 1.94 bits per heavy atom. The van der Waals surface area contributed by atoms with Gasteiger partial charge in [0, 0.05) is 17.7 Å². The topological polar surface area (TPSA) is 44.2 Å². The summed E-state index contributed by atoms with van der Waals surface area (Å²) in [6.07, 6.45) is 3.38. The molecule has 0 amide bonds. The number of ether oxygens (including phenoxy) is 2. The molecule has 18 heavy (non-hydrogen) atoms. The Morgan fingerprint density at radius 3 is 2.61 bits per heavy atom. The van der Waals surface area contributed by atoms with Crippen molar-refractivity contribution < 1.29 is 9.47 Å². The standard InChI is InChI=1S/C13H13BrN2O2/c1-17-12-7-10(8-14)3-4-11(12)18-9-13-15-5-2-6-16-13/h2-7H,8-9H2,1H3. The van der Waals surface area contributed by atoms with Gasteiger partial charge >= 0.3 is 0 Å². The molecular weight excluding hydrogens is 296 g/mol.